The molecule has 18 heavy (non-hydrogen) atoms. The molecular formula is C13H17BrN4. The van der Waals surface area contributed by atoms with E-state index >= 15 is 0 Å². The van der Waals surface area contributed by atoms with E-state index in [1.165, 1.54) is 5.69 Å². The molecule has 96 valence electrons. The molecule has 2 aromatic rings. The van der Waals surface area contributed by atoms with Crippen LogP contribution in [0.3, 0.4) is 0 Å². The van der Waals surface area contributed by atoms with Crippen LogP contribution in [0.15, 0.2) is 22.9 Å². The molecule has 4 nitrogen and oxygen atoms in total. The van der Waals surface area contributed by atoms with Crippen LogP contribution in [-0.2, 0) is 6.42 Å². The Morgan fingerprint density at radius 2 is 2.17 bits per heavy atom. The van der Waals surface area contributed by atoms with E-state index in [-0.39, 0.29) is 0 Å². The zero-order valence-electron chi connectivity index (χ0n) is 10.5. The second-order valence-corrected chi connectivity index (χ2v) is 5.30. The van der Waals surface area contributed by atoms with Crippen molar-refractivity contribution in [3.8, 4) is 0 Å². The van der Waals surface area contributed by atoms with Crippen molar-refractivity contribution < 1.29 is 0 Å². The van der Waals surface area contributed by atoms with E-state index in [9.17, 15) is 0 Å². The molecule has 1 aliphatic rings. The van der Waals surface area contributed by atoms with Crippen LogP contribution in [0, 0.1) is 0 Å². The smallest absolute Gasteiger partial charge is 0.132 e. The molecule has 0 amide bonds. The molecule has 3 heterocycles. The van der Waals surface area contributed by atoms with E-state index in [0.29, 0.717) is 0 Å². The summed E-state index contributed by atoms with van der Waals surface area (Å²) in [5.74, 6) is 1.10. The SMILES string of the molecule is CCc1nc(Br)c2cc(N3CCNCC3)ccn12. The number of piperazine rings is 1. The topological polar surface area (TPSA) is 32.6 Å². The van der Waals surface area contributed by atoms with Crippen LogP contribution in [0.25, 0.3) is 5.52 Å². The summed E-state index contributed by atoms with van der Waals surface area (Å²) >= 11 is 3.55. The number of fused-ring (bicyclic) bond motifs is 1. The highest BCUT2D eigenvalue weighted by Crippen LogP contribution is 2.24. The Bertz CT molecular complexity index is 557. The number of imidazole rings is 1. The third-order valence-corrected chi connectivity index (χ3v) is 4.04. The van der Waals surface area contributed by atoms with Crippen molar-refractivity contribution in [2.45, 2.75) is 13.3 Å². The Morgan fingerprint density at radius 3 is 2.89 bits per heavy atom. The van der Waals surface area contributed by atoms with Crippen LogP contribution in [0.4, 0.5) is 5.69 Å². The second kappa shape index (κ2) is 4.90. The standard InChI is InChI=1S/C13H17BrN4/c1-2-12-16-13(14)11-9-10(3-6-18(11)12)17-7-4-15-5-8-17/h3,6,9,15H,2,4-5,7-8H2,1H3. The summed E-state index contributed by atoms with van der Waals surface area (Å²) in [5, 5.41) is 3.38. The molecule has 0 unspecified atom stereocenters. The first-order chi connectivity index (χ1) is 8.79. The molecule has 1 N–H and O–H groups in total. The lowest BCUT2D eigenvalue weighted by Gasteiger charge is -2.29. The Balaban J connectivity index is 2.02. The summed E-state index contributed by atoms with van der Waals surface area (Å²) in [7, 11) is 0. The van der Waals surface area contributed by atoms with Crippen LogP contribution < -0.4 is 10.2 Å². The first kappa shape index (κ1) is 12.0. The fourth-order valence-electron chi connectivity index (χ4n) is 2.47. The quantitative estimate of drug-likeness (QED) is 0.922. The number of hydrogen-bond donors (Lipinski definition) is 1. The highest BCUT2D eigenvalue weighted by atomic mass is 79.9. The minimum atomic E-state index is 0.941. The van der Waals surface area contributed by atoms with Gasteiger partial charge in [0.15, 0.2) is 0 Å². The number of pyridine rings is 1. The van der Waals surface area contributed by atoms with Gasteiger partial charge < -0.3 is 14.6 Å². The molecule has 0 bridgehead atoms. The molecule has 0 radical (unpaired) electrons. The zero-order chi connectivity index (χ0) is 12.5. The number of anilines is 1. The Morgan fingerprint density at radius 1 is 1.39 bits per heavy atom. The summed E-state index contributed by atoms with van der Waals surface area (Å²) in [4.78, 5) is 6.96. The molecule has 0 atom stereocenters. The van der Waals surface area contributed by atoms with Crippen molar-refractivity contribution in [1.29, 1.82) is 0 Å². The van der Waals surface area contributed by atoms with E-state index in [1.807, 2.05) is 0 Å². The lowest BCUT2D eigenvalue weighted by Crippen LogP contribution is -2.43. The average molecular weight is 309 g/mol. The summed E-state index contributed by atoms with van der Waals surface area (Å²) in [6.07, 6.45) is 3.07. The number of halogens is 1. The normalized spacial score (nSPS) is 16.4. The molecule has 0 saturated carbocycles. The van der Waals surface area contributed by atoms with Crippen molar-refractivity contribution in [2.24, 2.45) is 0 Å². The number of hydrogen-bond acceptors (Lipinski definition) is 3. The first-order valence-corrected chi connectivity index (χ1v) is 7.21. The summed E-state index contributed by atoms with van der Waals surface area (Å²) < 4.78 is 3.10. The van der Waals surface area contributed by atoms with Crippen molar-refractivity contribution in [3.63, 3.8) is 0 Å². The zero-order valence-corrected chi connectivity index (χ0v) is 12.1. The van der Waals surface area contributed by atoms with Gasteiger partial charge in [-0.25, -0.2) is 4.98 Å². The van der Waals surface area contributed by atoms with Gasteiger partial charge in [-0.2, -0.15) is 0 Å². The third-order valence-electron chi connectivity index (χ3n) is 3.45. The van der Waals surface area contributed by atoms with Crippen molar-refractivity contribution in [1.82, 2.24) is 14.7 Å². The Labute approximate surface area is 115 Å². The van der Waals surface area contributed by atoms with Crippen LogP contribution in [0.5, 0.6) is 0 Å². The molecule has 1 aliphatic heterocycles. The molecule has 0 aliphatic carbocycles. The fraction of sp³-hybridized carbons (Fsp3) is 0.462. The summed E-state index contributed by atoms with van der Waals surface area (Å²) in [6.45, 7) is 6.40. The van der Waals surface area contributed by atoms with Gasteiger partial charge in [-0.15, -0.1) is 0 Å². The predicted molar refractivity (Wildman–Crippen MR) is 77.4 cm³/mol. The minimum absolute atomic E-state index is 0.941. The van der Waals surface area contributed by atoms with Gasteiger partial charge in [0, 0.05) is 44.5 Å². The minimum Gasteiger partial charge on any atom is -0.369 e. The largest absolute Gasteiger partial charge is 0.369 e. The lowest BCUT2D eigenvalue weighted by atomic mass is 10.3. The highest BCUT2D eigenvalue weighted by Gasteiger charge is 2.13. The van der Waals surface area contributed by atoms with Crippen molar-refractivity contribution >= 4 is 27.1 Å². The maximum atomic E-state index is 4.54. The van der Waals surface area contributed by atoms with E-state index in [1.54, 1.807) is 0 Å². The number of nitrogens with one attached hydrogen (secondary N) is 1. The molecule has 0 spiro atoms. The van der Waals surface area contributed by atoms with Gasteiger partial charge in [0.1, 0.15) is 10.4 Å². The summed E-state index contributed by atoms with van der Waals surface area (Å²) in [6, 6.07) is 4.41. The van der Waals surface area contributed by atoms with E-state index < -0.39 is 0 Å². The van der Waals surface area contributed by atoms with Crippen LogP contribution in [-0.4, -0.2) is 35.6 Å². The molecule has 0 aromatic carbocycles. The van der Waals surface area contributed by atoms with Gasteiger partial charge in [-0.05, 0) is 28.1 Å². The number of nitrogens with zero attached hydrogens (tertiary/aromatic N) is 3. The van der Waals surface area contributed by atoms with E-state index in [4.69, 9.17) is 0 Å². The predicted octanol–water partition coefficient (Wildman–Crippen LogP) is 2.07. The number of rotatable bonds is 2. The molecule has 2 aromatic heterocycles. The maximum absolute atomic E-state index is 4.54. The molecular weight excluding hydrogens is 292 g/mol. The number of aromatic nitrogens is 2. The van der Waals surface area contributed by atoms with Gasteiger partial charge in [0.05, 0.1) is 5.52 Å². The van der Waals surface area contributed by atoms with Gasteiger partial charge >= 0.3 is 0 Å². The monoisotopic (exact) mass is 308 g/mol. The van der Waals surface area contributed by atoms with E-state index in [2.05, 4.69) is 60.8 Å². The van der Waals surface area contributed by atoms with Crippen LogP contribution in [0.1, 0.15) is 12.7 Å². The molecule has 1 fully saturated rings. The van der Waals surface area contributed by atoms with Crippen molar-refractivity contribution in [2.75, 3.05) is 31.1 Å². The molecule has 1 saturated heterocycles. The maximum Gasteiger partial charge on any atom is 0.132 e. The first-order valence-electron chi connectivity index (χ1n) is 6.41. The van der Waals surface area contributed by atoms with E-state index in [0.717, 1.165) is 48.5 Å². The summed E-state index contributed by atoms with van der Waals surface area (Å²) in [5.41, 5.74) is 2.44. The van der Waals surface area contributed by atoms with Crippen molar-refractivity contribution in [3.05, 3.63) is 28.8 Å². The van der Waals surface area contributed by atoms with Gasteiger partial charge in [-0.1, -0.05) is 6.92 Å². The second-order valence-electron chi connectivity index (χ2n) is 4.55. The fourth-order valence-corrected chi connectivity index (χ4v) is 2.98. The van der Waals surface area contributed by atoms with Gasteiger partial charge in [-0.3, -0.25) is 0 Å². The Hall–Kier alpha value is -1.07. The lowest BCUT2D eigenvalue weighted by molar-refractivity contribution is 0.589. The highest BCUT2D eigenvalue weighted by molar-refractivity contribution is 9.10. The Kier molecular flexibility index (Phi) is 3.26. The van der Waals surface area contributed by atoms with Crippen LogP contribution in [0.2, 0.25) is 0 Å². The van der Waals surface area contributed by atoms with Crippen LogP contribution >= 0.6 is 15.9 Å². The molecule has 5 heteroatoms. The average Bonchev–Trinajstić information content (AvgIpc) is 2.76. The van der Waals surface area contributed by atoms with Gasteiger partial charge in [0.2, 0.25) is 0 Å². The number of aryl methyl sites for hydroxylation is 1. The molecule has 3 rings (SSSR count). The van der Waals surface area contributed by atoms with Gasteiger partial charge in [0.25, 0.3) is 0 Å². The third kappa shape index (κ3) is 2.01.